The molecule has 2 aromatic carbocycles. The first-order valence-corrected chi connectivity index (χ1v) is 11.5. The Labute approximate surface area is 174 Å². The van der Waals surface area contributed by atoms with E-state index in [4.69, 9.17) is 4.74 Å². The van der Waals surface area contributed by atoms with E-state index >= 15 is 0 Å². The van der Waals surface area contributed by atoms with Crippen molar-refractivity contribution in [3.8, 4) is 11.4 Å². The van der Waals surface area contributed by atoms with Gasteiger partial charge in [-0.3, -0.25) is 14.1 Å². The maximum Gasteiger partial charge on any atom is 0.229 e. The lowest BCUT2D eigenvalue weighted by atomic mass is 10.1. The average molecular weight is 432 g/mol. The van der Waals surface area contributed by atoms with Crippen LogP contribution in [0.4, 0.5) is 5.69 Å². The molecule has 0 spiro atoms. The molecule has 0 fully saturated rings. The van der Waals surface area contributed by atoms with Crippen molar-refractivity contribution in [1.29, 1.82) is 0 Å². The molecule has 3 rings (SSSR count). The average Bonchev–Trinajstić information content (AvgIpc) is 3.15. The maximum atomic E-state index is 12.8. The fourth-order valence-electron chi connectivity index (χ4n) is 2.70. The summed E-state index contributed by atoms with van der Waals surface area (Å²) >= 11 is 1.35. The first-order valence-electron chi connectivity index (χ1n) is 8.73. The summed E-state index contributed by atoms with van der Waals surface area (Å²) < 4.78 is 32.1. The van der Waals surface area contributed by atoms with Crippen LogP contribution < -0.4 is 9.46 Å². The van der Waals surface area contributed by atoms with Gasteiger partial charge in [-0.05, 0) is 43.3 Å². The molecule has 0 saturated carbocycles. The number of Topliss-reactive ketones (excluding diaryl/α,β-unsaturated/α-hetero) is 1. The van der Waals surface area contributed by atoms with Crippen LogP contribution in [0.15, 0.2) is 66.1 Å². The molecule has 0 radical (unpaired) electrons. The molecule has 0 aliphatic carbocycles. The number of ether oxygens (including phenoxy) is 1. The number of methoxy groups -OCH3 is 1. The predicted molar refractivity (Wildman–Crippen MR) is 115 cm³/mol. The Morgan fingerprint density at radius 1 is 1.21 bits per heavy atom. The molecular formula is C20H21N3O4S2. The molecule has 1 N–H and O–H groups in total. The normalized spacial score (nSPS) is 12.4. The topological polar surface area (TPSA) is 90.3 Å². The molecular weight excluding hydrogens is 410 g/mol. The molecule has 0 aliphatic heterocycles. The predicted octanol–water partition coefficient (Wildman–Crippen LogP) is 3.62. The van der Waals surface area contributed by atoms with Crippen molar-refractivity contribution in [2.24, 2.45) is 0 Å². The maximum absolute atomic E-state index is 12.8. The van der Waals surface area contributed by atoms with E-state index in [1.807, 2.05) is 42.0 Å². The number of hydrogen-bond donors (Lipinski definition) is 1. The fraction of sp³-hybridized carbons (Fsp3) is 0.200. The second-order valence-electron chi connectivity index (χ2n) is 6.36. The van der Waals surface area contributed by atoms with Crippen LogP contribution in [-0.4, -0.2) is 42.4 Å². The largest absolute Gasteiger partial charge is 0.497 e. The lowest BCUT2D eigenvalue weighted by molar-refractivity contribution is 0.0994. The lowest BCUT2D eigenvalue weighted by Crippen LogP contribution is -2.15. The number of carbonyl (C=O) groups is 1. The number of hydrogen-bond acceptors (Lipinski definition) is 6. The molecule has 3 aromatic rings. The second kappa shape index (κ2) is 8.71. The molecule has 0 saturated heterocycles. The summed E-state index contributed by atoms with van der Waals surface area (Å²) in [5, 5.41) is 0.310. The molecule has 0 bridgehead atoms. The van der Waals surface area contributed by atoms with Crippen molar-refractivity contribution >= 4 is 33.3 Å². The summed E-state index contributed by atoms with van der Waals surface area (Å²) in [6.07, 6.45) is 4.60. The summed E-state index contributed by atoms with van der Waals surface area (Å²) in [7, 11) is -1.74. The third-order valence-electron chi connectivity index (χ3n) is 4.06. The van der Waals surface area contributed by atoms with Crippen molar-refractivity contribution in [3.05, 3.63) is 66.5 Å². The monoisotopic (exact) mass is 431 g/mol. The summed E-state index contributed by atoms with van der Waals surface area (Å²) in [6, 6.07) is 14.0. The van der Waals surface area contributed by atoms with Gasteiger partial charge in [-0.2, -0.15) is 0 Å². The van der Waals surface area contributed by atoms with E-state index < -0.39 is 10.0 Å². The van der Waals surface area contributed by atoms with Gasteiger partial charge in [0.2, 0.25) is 10.0 Å². The highest BCUT2D eigenvalue weighted by molar-refractivity contribution is 8.00. The lowest BCUT2D eigenvalue weighted by Gasteiger charge is -2.13. The number of aromatic nitrogens is 2. The van der Waals surface area contributed by atoms with Gasteiger partial charge in [0.25, 0.3) is 0 Å². The summed E-state index contributed by atoms with van der Waals surface area (Å²) in [5.74, 6) is 0.667. The van der Waals surface area contributed by atoms with Crippen LogP contribution in [-0.2, 0) is 10.0 Å². The zero-order valence-corrected chi connectivity index (χ0v) is 17.8. The number of imidazole rings is 1. The fourth-order valence-corrected chi connectivity index (χ4v) is 4.22. The van der Waals surface area contributed by atoms with Gasteiger partial charge in [-0.25, -0.2) is 13.4 Å². The van der Waals surface area contributed by atoms with Crippen LogP contribution in [0.5, 0.6) is 5.75 Å². The zero-order valence-electron chi connectivity index (χ0n) is 16.2. The highest BCUT2D eigenvalue weighted by atomic mass is 32.2. The molecule has 0 amide bonds. The third kappa shape index (κ3) is 5.39. The number of thioether (sulfide) groups is 1. The molecule has 1 aromatic heterocycles. The number of rotatable bonds is 8. The number of sulfonamides is 1. The molecule has 29 heavy (non-hydrogen) atoms. The first-order chi connectivity index (χ1) is 13.8. The van der Waals surface area contributed by atoms with Gasteiger partial charge < -0.3 is 4.74 Å². The van der Waals surface area contributed by atoms with Gasteiger partial charge in [0.05, 0.1) is 24.3 Å². The van der Waals surface area contributed by atoms with Gasteiger partial charge in [-0.1, -0.05) is 17.8 Å². The van der Waals surface area contributed by atoms with Crippen LogP contribution in [0.25, 0.3) is 5.69 Å². The quantitative estimate of drug-likeness (QED) is 0.433. The van der Waals surface area contributed by atoms with Crippen LogP contribution in [0.3, 0.4) is 0 Å². The Morgan fingerprint density at radius 3 is 2.59 bits per heavy atom. The van der Waals surface area contributed by atoms with Gasteiger partial charge in [-0.15, -0.1) is 0 Å². The van der Waals surface area contributed by atoms with E-state index in [0.717, 1.165) is 17.7 Å². The Morgan fingerprint density at radius 2 is 1.93 bits per heavy atom. The summed E-state index contributed by atoms with van der Waals surface area (Å²) in [4.78, 5) is 17.2. The molecule has 1 unspecified atom stereocenters. The SMILES string of the molecule is COc1cccc(-n2ccnc2SC(C)C(=O)c2ccc(NS(C)(=O)=O)cc2)c1. The van der Waals surface area contributed by atoms with Gasteiger partial charge in [0, 0.05) is 29.7 Å². The van der Waals surface area contributed by atoms with Crippen LogP contribution in [0, 0.1) is 0 Å². The molecule has 152 valence electrons. The van der Waals surface area contributed by atoms with Crippen LogP contribution in [0.1, 0.15) is 17.3 Å². The molecule has 1 atom stereocenters. The Bertz CT molecular complexity index is 1110. The third-order valence-corrected chi connectivity index (χ3v) is 5.75. The molecule has 0 aliphatic rings. The number of anilines is 1. The van der Waals surface area contributed by atoms with Crippen molar-refractivity contribution in [3.63, 3.8) is 0 Å². The summed E-state index contributed by atoms with van der Waals surface area (Å²) in [6.45, 7) is 1.82. The van der Waals surface area contributed by atoms with Crippen LogP contribution >= 0.6 is 11.8 Å². The number of ketones is 1. The number of nitrogens with one attached hydrogen (secondary N) is 1. The van der Waals surface area contributed by atoms with Gasteiger partial charge in [0.15, 0.2) is 10.9 Å². The highest BCUT2D eigenvalue weighted by Gasteiger charge is 2.19. The van der Waals surface area contributed by atoms with Gasteiger partial charge in [0.1, 0.15) is 5.75 Å². The number of carbonyl (C=O) groups excluding carboxylic acids is 1. The van der Waals surface area contributed by atoms with Gasteiger partial charge >= 0.3 is 0 Å². The van der Waals surface area contributed by atoms with Crippen molar-refractivity contribution < 1.29 is 17.9 Å². The zero-order chi connectivity index (χ0) is 21.0. The Balaban J connectivity index is 1.74. The highest BCUT2D eigenvalue weighted by Crippen LogP contribution is 2.28. The van der Waals surface area contributed by atoms with E-state index in [1.54, 1.807) is 37.6 Å². The molecule has 1 heterocycles. The standard InChI is InChI=1S/C20H21N3O4S2/c1-14(19(24)15-7-9-16(10-8-15)22-29(3,25)26)28-20-21-11-12-23(20)17-5-4-6-18(13-17)27-2/h4-14,22H,1-3H3. The van der Waals surface area contributed by atoms with E-state index in [0.29, 0.717) is 16.4 Å². The minimum Gasteiger partial charge on any atom is -0.497 e. The van der Waals surface area contributed by atoms with E-state index in [9.17, 15) is 13.2 Å². The minimum absolute atomic E-state index is 0.0684. The second-order valence-corrected chi connectivity index (χ2v) is 9.41. The summed E-state index contributed by atoms with van der Waals surface area (Å²) in [5.41, 5.74) is 1.81. The minimum atomic E-state index is -3.36. The number of benzene rings is 2. The Hall–Kier alpha value is -2.78. The Kier molecular flexibility index (Phi) is 6.29. The van der Waals surface area contributed by atoms with Crippen molar-refractivity contribution in [2.75, 3.05) is 18.1 Å². The first kappa shape index (κ1) is 20.9. The van der Waals surface area contributed by atoms with E-state index in [1.165, 1.54) is 11.8 Å². The van der Waals surface area contributed by atoms with E-state index in [-0.39, 0.29) is 11.0 Å². The number of nitrogens with zero attached hydrogens (tertiary/aromatic N) is 2. The molecule has 9 heteroatoms. The van der Waals surface area contributed by atoms with E-state index in [2.05, 4.69) is 9.71 Å². The van der Waals surface area contributed by atoms with Crippen molar-refractivity contribution in [2.45, 2.75) is 17.3 Å². The molecule has 7 nitrogen and oxygen atoms in total. The van der Waals surface area contributed by atoms with Crippen molar-refractivity contribution in [1.82, 2.24) is 9.55 Å². The van der Waals surface area contributed by atoms with Crippen LogP contribution in [0.2, 0.25) is 0 Å². The smallest absolute Gasteiger partial charge is 0.229 e.